The number of likely N-dealkylation sites (N-methyl/N-ethyl adjacent to an activating group) is 1. The average molecular weight is 418 g/mol. The molecule has 0 radical (unpaired) electrons. The number of carbonyl (C=O) groups is 2. The second-order valence-electron chi connectivity index (χ2n) is 7.77. The van der Waals surface area contributed by atoms with E-state index in [2.05, 4.69) is 15.4 Å². The first kappa shape index (κ1) is 23.4. The van der Waals surface area contributed by atoms with Crippen molar-refractivity contribution in [3.05, 3.63) is 28.8 Å². The zero-order valence-electron chi connectivity index (χ0n) is 16.5. The molecule has 0 heterocycles. The van der Waals surface area contributed by atoms with Gasteiger partial charge in [-0.3, -0.25) is 9.59 Å². The van der Waals surface area contributed by atoms with Gasteiger partial charge in [0, 0.05) is 18.2 Å². The number of rotatable bonds is 7. The standard InChI is InChI=1S/C18H28ClN3O4S/c1-11(2)9-14(17(24)20-6)21-16(23)12-7-8-13(19)15(10-12)27(25,26)22-18(3,4)5/h7-8,10-11,14,22H,9H2,1-6H3,(H,20,24)(H,21,23). The van der Waals surface area contributed by atoms with Gasteiger partial charge < -0.3 is 10.6 Å². The highest BCUT2D eigenvalue weighted by molar-refractivity contribution is 7.89. The van der Waals surface area contributed by atoms with Crippen LogP contribution in [0.4, 0.5) is 0 Å². The SMILES string of the molecule is CNC(=O)C(CC(C)C)NC(=O)c1ccc(Cl)c(S(=O)(=O)NC(C)(C)C)c1. The quantitative estimate of drug-likeness (QED) is 0.633. The molecule has 0 saturated carbocycles. The van der Waals surface area contributed by atoms with Crippen LogP contribution in [-0.4, -0.2) is 38.9 Å². The van der Waals surface area contributed by atoms with Gasteiger partial charge in [0.05, 0.1) is 5.02 Å². The van der Waals surface area contributed by atoms with E-state index in [1.165, 1.54) is 25.2 Å². The first-order valence-electron chi connectivity index (χ1n) is 8.63. The monoisotopic (exact) mass is 417 g/mol. The minimum atomic E-state index is -3.91. The molecule has 0 fully saturated rings. The lowest BCUT2D eigenvalue weighted by atomic mass is 10.0. The van der Waals surface area contributed by atoms with Crippen LogP contribution in [0, 0.1) is 5.92 Å². The predicted octanol–water partition coefficient (Wildman–Crippen LogP) is 2.31. The minimum Gasteiger partial charge on any atom is -0.357 e. The van der Waals surface area contributed by atoms with Crippen LogP contribution >= 0.6 is 11.6 Å². The van der Waals surface area contributed by atoms with E-state index < -0.39 is 27.5 Å². The Kier molecular flexibility index (Phi) is 7.83. The summed E-state index contributed by atoms with van der Waals surface area (Å²) >= 11 is 6.05. The molecule has 0 saturated heterocycles. The summed E-state index contributed by atoms with van der Waals surface area (Å²) in [7, 11) is -2.42. The molecule has 0 spiro atoms. The van der Waals surface area contributed by atoms with Crippen molar-refractivity contribution >= 4 is 33.4 Å². The maximum atomic E-state index is 12.6. The second kappa shape index (κ2) is 9.03. The smallest absolute Gasteiger partial charge is 0.251 e. The molecule has 9 heteroatoms. The third-order valence-corrected chi connectivity index (χ3v) is 5.74. The molecule has 0 aliphatic carbocycles. The molecule has 7 nitrogen and oxygen atoms in total. The van der Waals surface area contributed by atoms with Gasteiger partial charge in [-0.25, -0.2) is 13.1 Å². The maximum absolute atomic E-state index is 12.6. The van der Waals surface area contributed by atoms with Gasteiger partial charge in [0.15, 0.2) is 0 Å². The number of hydrogen-bond acceptors (Lipinski definition) is 4. The first-order valence-corrected chi connectivity index (χ1v) is 10.5. The Balaban J connectivity index is 3.17. The van der Waals surface area contributed by atoms with Crippen molar-refractivity contribution in [1.82, 2.24) is 15.4 Å². The molecule has 152 valence electrons. The van der Waals surface area contributed by atoms with Gasteiger partial charge in [-0.2, -0.15) is 0 Å². The summed E-state index contributed by atoms with van der Waals surface area (Å²) in [4.78, 5) is 24.4. The Bertz CT molecular complexity index is 801. The van der Waals surface area contributed by atoms with E-state index in [4.69, 9.17) is 11.6 Å². The lowest BCUT2D eigenvalue weighted by Gasteiger charge is -2.21. The summed E-state index contributed by atoms with van der Waals surface area (Å²) in [5, 5.41) is 5.18. The van der Waals surface area contributed by atoms with Crippen LogP contribution in [0.15, 0.2) is 23.1 Å². The predicted molar refractivity (Wildman–Crippen MR) is 106 cm³/mol. The fourth-order valence-corrected chi connectivity index (χ4v) is 4.37. The van der Waals surface area contributed by atoms with E-state index in [0.717, 1.165) is 0 Å². The van der Waals surface area contributed by atoms with E-state index in [0.29, 0.717) is 6.42 Å². The van der Waals surface area contributed by atoms with Gasteiger partial charge in [0.2, 0.25) is 15.9 Å². The van der Waals surface area contributed by atoms with E-state index >= 15 is 0 Å². The van der Waals surface area contributed by atoms with Crippen molar-refractivity contribution < 1.29 is 18.0 Å². The fourth-order valence-electron chi connectivity index (χ4n) is 2.43. The molecule has 1 unspecified atom stereocenters. The Morgan fingerprint density at radius 1 is 1.19 bits per heavy atom. The zero-order valence-corrected chi connectivity index (χ0v) is 18.1. The van der Waals surface area contributed by atoms with E-state index in [1.807, 2.05) is 13.8 Å². The average Bonchev–Trinajstić information content (AvgIpc) is 2.50. The largest absolute Gasteiger partial charge is 0.357 e. The number of benzene rings is 1. The molecule has 0 aliphatic rings. The van der Waals surface area contributed by atoms with Crippen LogP contribution in [0.2, 0.25) is 5.02 Å². The Morgan fingerprint density at radius 2 is 1.78 bits per heavy atom. The Morgan fingerprint density at radius 3 is 2.26 bits per heavy atom. The number of hydrogen-bond donors (Lipinski definition) is 3. The van der Waals surface area contributed by atoms with Gasteiger partial charge in [-0.15, -0.1) is 0 Å². The minimum absolute atomic E-state index is 0.00771. The summed E-state index contributed by atoms with van der Waals surface area (Å²) in [6.45, 7) is 8.99. The van der Waals surface area contributed by atoms with Crippen molar-refractivity contribution in [1.29, 1.82) is 0 Å². The van der Waals surface area contributed by atoms with Crippen LogP contribution in [0.5, 0.6) is 0 Å². The number of carbonyl (C=O) groups excluding carboxylic acids is 2. The second-order valence-corrected chi connectivity index (χ2v) is 9.83. The van der Waals surface area contributed by atoms with Crippen LogP contribution in [0.25, 0.3) is 0 Å². The highest BCUT2D eigenvalue weighted by Gasteiger charge is 2.26. The molecule has 1 aromatic rings. The zero-order chi connectivity index (χ0) is 21.0. The third-order valence-electron chi connectivity index (χ3n) is 3.50. The number of amides is 2. The number of sulfonamides is 1. The highest BCUT2D eigenvalue weighted by Crippen LogP contribution is 2.24. The third kappa shape index (κ3) is 7.12. The van der Waals surface area contributed by atoms with Gasteiger partial charge in [0.25, 0.3) is 5.91 Å². The van der Waals surface area contributed by atoms with Crippen LogP contribution in [0.3, 0.4) is 0 Å². The Hall–Kier alpha value is -1.64. The molecule has 3 N–H and O–H groups in total. The molecule has 1 aromatic carbocycles. The lowest BCUT2D eigenvalue weighted by molar-refractivity contribution is -0.122. The van der Waals surface area contributed by atoms with E-state index in [9.17, 15) is 18.0 Å². The number of halogens is 1. The number of nitrogens with one attached hydrogen (secondary N) is 3. The maximum Gasteiger partial charge on any atom is 0.251 e. The molecule has 1 rings (SSSR count). The molecule has 0 aliphatic heterocycles. The molecule has 0 aromatic heterocycles. The van der Waals surface area contributed by atoms with Crippen molar-refractivity contribution in [2.45, 2.75) is 57.5 Å². The van der Waals surface area contributed by atoms with Crippen molar-refractivity contribution in [3.8, 4) is 0 Å². The molecular formula is C18H28ClN3O4S. The molecule has 0 bridgehead atoms. The van der Waals surface area contributed by atoms with Crippen molar-refractivity contribution in [2.75, 3.05) is 7.05 Å². The highest BCUT2D eigenvalue weighted by atomic mass is 35.5. The summed E-state index contributed by atoms with van der Waals surface area (Å²) in [5.74, 6) is -0.675. The van der Waals surface area contributed by atoms with Crippen LogP contribution < -0.4 is 15.4 Å². The normalized spacial score (nSPS) is 13.3. The van der Waals surface area contributed by atoms with E-state index in [1.54, 1.807) is 20.8 Å². The topological polar surface area (TPSA) is 104 Å². The summed E-state index contributed by atoms with van der Waals surface area (Å²) in [6.07, 6.45) is 0.454. The van der Waals surface area contributed by atoms with Crippen LogP contribution in [0.1, 0.15) is 51.4 Å². The van der Waals surface area contributed by atoms with Gasteiger partial charge >= 0.3 is 0 Å². The Labute approximate surface area is 166 Å². The fraction of sp³-hybridized carbons (Fsp3) is 0.556. The molecule has 1 atom stereocenters. The van der Waals surface area contributed by atoms with Gasteiger partial charge in [-0.05, 0) is 51.3 Å². The summed E-state index contributed by atoms with van der Waals surface area (Å²) < 4.78 is 27.7. The first-order chi connectivity index (χ1) is 12.3. The summed E-state index contributed by atoms with van der Waals surface area (Å²) in [6, 6.07) is 3.27. The van der Waals surface area contributed by atoms with Gasteiger partial charge in [-0.1, -0.05) is 25.4 Å². The lowest BCUT2D eigenvalue weighted by Crippen LogP contribution is -2.46. The molecule has 2 amide bonds. The van der Waals surface area contributed by atoms with E-state index in [-0.39, 0.29) is 27.3 Å². The molecular weight excluding hydrogens is 390 g/mol. The van der Waals surface area contributed by atoms with Crippen molar-refractivity contribution in [2.24, 2.45) is 5.92 Å². The van der Waals surface area contributed by atoms with Gasteiger partial charge in [0.1, 0.15) is 10.9 Å². The van der Waals surface area contributed by atoms with Crippen molar-refractivity contribution in [3.63, 3.8) is 0 Å². The van der Waals surface area contributed by atoms with Crippen LogP contribution in [-0.2, 0) is 14.8 Å². The molecule has 27 heavy (non-hydrogen) atoms. The summed E-state index contributed by atoms with van der Waals surface area (Å²) in [5.41, 5.74) is -0.603.